The van der Waals surface area contributed by atoms with Crippen molar-refractivity contribution in [3.8, 4) is 0 Å². The van der Waals surface area contributed by atoms with Crippen LogP contribution in [0, 0.1) is 0 Å². The number of rotatable bonds is 0. The zero-order valence-electron chi connectivity index (χ0n) is 4.41. The van der Waals surface area contributed by atoms with Gasteiger partial charge in [0.25, 0.3) is 0 Å². The van der Waals surface area contributed by atoms with E-state index in [9.17, 15) is 0 Å². The fraction of sp³-hybridized carbons (Fsp3) is 0.500. The van der Waals surface area contributed by atoms with Crippen LogP contribution in [0.4, 0.5) is 0 Å². The fourth-order valence-electron chi connectivity index (χ4n) is 0. The zero-order valence-corrected chi connectivity index (χ0v) is 8.96. The molecule has 0 atom stereocenters. The molecule has 0 aliphatic rings. The number of halogens is 2. The maximum Gasteiger partial charge on any atom is 1.00 e. The van der Waals surface area contributed by atoms with E-state index in [4.69, 9.17) is 30.2 Å². The van der Waals surface area contributed by atoms with Gasteiger partial charge in [-0.3, -0.25) is 0 Å². The molecule has 0 radical (unpaired) electrons. The molecule has 0 aliphatic carbocycles. The largest absolute Gasteiger partial charge is 1.00 e. The van der Waals surface area contributed by atoms with Gasteiger partial charge in [-0.05, 0) is 6.92 Å². The third-order valence-electron chi connectivity index (χ3n) is 0. The molecule has 0 aromatic heterocycles. The minimum atomic E-state index is -1.08. The van der Waals surface area contributed by atoms with Crippen molar-refractivity contribution in [1.82, 2.24) is 0 Å². The minimum Gasteiger partial charge on any atom is 1.00 e. The average molecular weight is 212 g/mol. The number of carboxylic acids is 1. The Bertz CT molecular complexity index is 49.3. The van der Waals surface area contributed by atoms with Gasteiger partial charge in [0.2, 0.25) is 0 Å². The van der Waals surface area contributed by atoms with E-state index in [2.05, 4.69) is 0 Å². The topological polar surface area (TPSA) is 40.1 Å². The summed E-state index contributed by atoms with van der Waals surface area (Å²) in [5.74, 6) is -1.08. The quantitative estimate of drug-likeness (QED) is 0.405. The molecule has 0 aliphatic heterocycles. The van der Waals surface area contributed by atoms with Crippen molar-refractivity contribution in [2.75, 3.05) is 0 Å². The number of hydrogen-bond acceptors (Lipinski definition) is 2. The molecule has 0 aromatic rings. The molecule has 0 spiro atoms. The molecule has 6 heteroatoms. The SMILES string of the molecule is CC(=O)[O-].[Cl][Co][Cl].[Na+]. The summed E-state index contributed by atoms with van der Waals surface area (Å²) < 4.78 is 0. The van der Waals surface area contributed by atoms with Crippen LogP contribution >= 0.6 is 20.3 Å². The van der Waals surface area contributed by atoms with Crippen LogP contribution in [0.15, 0.2) is 0 Å². The first-order valence-electron chi connectivity index (χ1n) is 1.16. The van der Waals surface area contributed by atoms with Crippen LogP contribution in [0.1, 0.15) is 6.92 Å². The van der Waals surface area contributed by atoms with Crippen molar-refractivity contribution < 1.29 is 52.4 Å². The summed E-state index contributed by atoms with van der Waals surface area (Å²) in [6.07, 6.45) is 0. The normalized spacial score (nSPS) is 5.88. The number of carbonyl (C=O) groups excluding carboxylic acids is 1. The maximum atomic E-state index is 8.89. The molecule has 2 nitrogen and oxygen atoms in total. The molecule has 0 aromatic carbocycles. The standard InChI is InChI=1S/C2H4O2.2ClH.Co.Na/c1-2(3)4;;;;/h1H3,(H,3,4);2*1H;;/q;;;+2;+1/p-3. The van der Waals surface area contributed by atoms with Crippen molar-refractivity contribution in [3.63, 3.8) is 0 Å². The van der Waals surface area contributed by atoms with E-state index in [1.165, 1.54) is 0 Å². The average Bonchev–Trinajstić information content (AvgIpc) is 1.33. The summed E-state index contributed by atoms with van der Waals surface area (Å²) in [5.41, 5.74) is 0. The van der Waals surface area contributed by atoms with E-state index in [-0.39, 0.29) is 29.6 Å². The van der Waals surface area contributed by atoms with Crippen LogP contribution in [0.3, 0.4) is 0 Å². The van der Waals surface area contributed by atoms with Gasteiger partial charge in [-0.1, -0.05) is 0 Å². The predicted octanol–water partition coefficient (Wildman–Crippen LogP) is -2.86. The van der Waals surface area contributed by atoms with Gasteiger partial charge in [0.15, 0.2) is 0 Å². The van der Waals surface area contributed by atoms with Crippen LogP contribution in [-0.2, 0) is 17.7 Å². The fourth-order valence-corrected chi connectivity index (χ4v) is 0. The third-order valence-corrected chi connectivity index (χ3v) is 0. The number of hydrogen-bond donors (Lipinski definition) is 0. The van der Waals surface area contributed by atoms with E-state index in [0.717, 1.165) is 6.92 Å². The van der Waals surface area contributed by atoms with E-state index in [1.54, 1.807) is 0 Å². The minimum absolute atomic E-state index is 0. The molecule has 8 heavy (non-hydrogen) atoms. The Morgan fingerprint density at radius 1 is 1.62 bits per heavy atom. The van der Waals surface area contributed by atoms with Gasteiger partial charge < -0.3 is 9.90 Å². The summed E-state index contributed by atoms with van der Waals surface area (Å²) in [6.45, 7) is 0.972. The molecule has 0 fully saturated rings. The van der Waals surface area contributed by atoms with Crippen LogP contribution < -0.4 is 34.7 Å². The Balaban J connectivity index is -0.0000000575. The molecule has 0 N–H and O–H groups in total. The van der Waals surface area contributed by atoms with Gasteiger partial charge in [-0.25, -0.2) is 0 Å². The summed E-state index contributed by atoms with van der Waals surface area (Å²) in [4.78, 5) is 8.89. The third kappa shape index (κ3) is 134. The Morgan fingerprint density at radius 3 is 1.62 bits per heavy atom. The second kappa shape index (κ2) is 15.8. The first-order valence-corrected chi connectivity index (χ1v) is 4.03. The molecule has 0 rings (SSSR count). The number of carbonyl (C=O) groups is 1. The predicted molar refractivity (Wildman–Crippen MR) is 22.4 cm³/mol. The van der Waals surface area contributed by atoms with Crippen LogP contribution in [0.5, 0.6) is 0 Å². The monoisotopic (exact) mass is 211 g/mol. The van der Waals surface area contributed by atoms with E-state index < -0.39 is 5.97 Å². The Labute approximate surface area is 84.7 Å². The first-order chi connectivity index (χ1) is 3.15. The summed E-state index contributed by atoms with van der Waals surface area (Å²) in [6, 6.07) is 0. The van der Waals surface area contributed by atoms with Crippen LogP contribution in [0.2, 0.25) is 0 Å². The molecule has 0 saturated carbocycles. The second-order valence-corrected chi connectivity index (χ2v) is 2.26. The molecule has 0 heterocycles. The van der Waals surface area contributed by atoms with Gasteiger partial charge in [0, 0.05) is 5.97 Å². The molecule has 0 saturated heterocycles. The Kier molecular flexibility index (Phi) is 32.2. The van der Waals surface area contributed by atoms with E-state index in [1.807, 2.05) is 0 Å². The van der Waals surface area contributed by atoms with Crippen LogP contribution in [-0.4, -0.2) is 5.97 Å². The summed E-state index contributed by atoms with van der Waals surface area (Å²) in [5, 5.41) is 8.89. The molecule has 0 bridgehead atoms. The van der Waals surface area contributed by atoms with Crippen molar-refractivity contribution in [1.29, 1.82) is 0 Å². The van der Waals surface area contributed by atoms with Gasteiger partial charge in [0.05, 0.1) is 0 Å². The van der Waals surface area contributed by atoms with Gasteiger partial charge in [-0.15, -0.1) is 0 Å². The number of aliphatic carboxylic acids is 1. The van der Waals surface area contributed by atoms with Gasteiger partial charge >= 0.3 is 62.7 Å². The van der Waals surface area contributed by atoms with Gasteiger partial charge in [0.1, 0.15) is 0 Å². The molecule has 47 valence electrons. The van der Waals surface area contributed by atoms with E-state index >= 15 is 0 Å². The molecule has 0 amide bonds. The molecule has 0 unspecified atom stereocenters. The van der Waals surface area contributed by atoms with Crippen molar-refractivity contribution in [2.24, 2.45) is 0 Å². The smallest absolute Gasteiger partial charge is 1.00 e. The zero-order chi connectivity index (χ0) is 6.28. The Hall–Kier alpha value is 1.56. The molecular weight excluding hydrogens is 209 g/mol. The van der Waals surface area contributed by atoms with E-state index in [0.29, 0.717) is 12.9 Å². The Morgan fingerprint density at radius 2 is 1.62 bits per heavy atom. The summed E-state index contributed by atoms with van der Waals surface area (Å²) >= 11 is 0.382. The van der Waals surface area contributed by atoms with Gasteiger partial charge in [-0.2, -0.15) is 0 Å². The maximum absolute atomic E-state index is 8.89. The van der Waals surface area contributed by atoms with Crippen molar-refractivity contribution in [2.45, 2.75) is 6.92 Å². The van der Waals surface area contributed by atoms with Crippen molar-refractivity contribution in [3.05, 3.63) is 0 Å². The molecular formula is C2H3Cl2CoNaO2. The van der Waals surface area contributed by atoms with Crippen molar-refractivity contribution >= 4 is 26.3 Å². The summed E-state index contributed by atoms with van der Waals surface area (Å²) in [7, 11) is 9.47. The first kappa shape index (κ1) is 16.3. The number of carboxylic acid groups (broad SMARTS) is 1. The van der Waals surface area contributed by atoms with Crippen LogP contribution in [0.25, 0.3) is 0 Å². The second-order valence-electron chi connectivity index (χ2n) is 0.539.